The van der Waals surface area contributed by atoms with Gasteiger partial charge in [0, 0.05) is 90.4 Å². The highest BCUT2D eigenvalue weighted by atomic mass is 35.5. The van der Waals surface area contributed by atoms with Crippen molar-refractivity contribution in [3.05, 3.63) is 176 Å². The molecule has 0 saturated carbocycles. The zero-order valence-corrected chi connectivity index (χ0v) is 86.9. The van der Waals surface area contributed by atoms with Crippen LogP contribution >= 0.6 is 71.0 Å². The maximum Gasteiger partial charge on any atom is 0.246 e. The minimum absolute atomic E-state index is 0. The van der Waals surface area contributed by atoms with E-state index in [0.29, 0.717) is 11.4 Å². The van der Waals surface area contributed by atoms with Crippen LogP contribution in [0, 0.1) is 11.8 Å². The third kappa shape index (κ3) is 29.6. The molecule has 8 heterocycles. The lowest BCUT2D eigenvalue weighted by Crippen LogP contribution is -3.00. The van der Waals surface area contributed by atoms with Crippen LogP contribution in [0.2, 0.25) is 15.1 Å². The summed E-state index contributed by atoms with van der Waals surface area (Å²) in [7, 11) is 1.51. The second-order valence-corrected chi connectivity index (χ2v) is 40.3. The number of Topliss-reactive ketones (excluding diaryl/α,β-unsaturated/α-hetero) is 2. The number of thioether (sulfide) groups is 2. The van der Waals surface area contributed by atoms with Crippen LogP contribution in [0.4, 0.5) is 0 Å². The highest BCUT2D eigenvalue weighted by molar-refractivity contribution is 8.13. The van der Waals surface area contributed by atoms with E-state index in [4.69, 9.17) is 84.2 Å². The van der Waals surface area contributed by atoms with Crippen LogP contribution in [0.25, 0.3) is 22.3 Å². The predicted molar refractivity (Wildman–Crippen MR) is 526 cm³/mol. The van der Waals surface area contributed by atoms with E-state index in [0.717, 1.165) is 76.7 Å². The fourth-order valence-corrected chi connectivity index (χ4v) is 19.0. The summed E-state index contributed by atoms with van der Waals surface area (Å²) in [6.07, 6.45) is -21.6. The van der Waals surface area contributed by atoms with Crippen molar-refractivity contribution in [3.8, 4) is 68.2 Å². The molecule has 43 heteroatoms. The van der Waals surface area contributed by atoms with Gasteiger partial charge in [-0.25, -0.2) is 0 Å². The van der Waals surface area contributed by atoms with Crippen LogP contribution in [-0.4, -0.2) is 225 Å². The molecule has 7 aromatic rings. The zero-order chi connectivity index (χ0) is 102. The van der Waals surface area contributed by atoms with Gasteiger partial charge in [-0.2, -0.15) is 12.6 Å². The number of nitrogens with one attached hydrogen (secondary N) is 6. The molecule has 0 spiro atoms. The molecule has 5 unspecified atom stereocenters. The van der Waals surface area contributed by atoms with E-state index in [1.54, 1.807) is 39.8 Å². The number of phenols is 3. The number of benzene rings is 7. The Bertz CT molecular complexity index is 5550. The molecule has 7 aromatic carbocycles. The molecule has 8 aliphatic rings. The van der Waals surface area contributed by atoms with E-state index < -0.39 is 240 Å². The van der Waals surface area contributed by atoms with Crippen molar-refractivity contribution in [2.75, 3.05) is 30.9 Å². The first-order valence-electron chi connectivity index (χ1n) is 45.9. The SMILES string of the molecule is CCCS.CCCSC(=O)[C@H]1NC(=O)[C@H]2NC(=O)[C@H](CC(=O)[C@@H]3NC(=O)[C@H](CC(N)=O)CC(=O)[C@H](NC(=O)[C@@H](CC(C)C)NC)[C@H](O)c4ccc(c(Cl)c4)Oc4cc3cc(c4O[C@@H]3OC(CO)[C@@H](O)C(O)C3O[C@H]3CC(C)(NCc4ccc(-c5ccc(Cl)cc5)cc4)[C@@H](O)[C@H](C)O3)Oc3ccc(cc3Cl)[C@H]2O[C@H]2CC(C)(N)[C@@H](O)[C@H](C)O2)c2ccc(O)c(c2)-c2c(O)cc(O)cc21.CCCSC(C)=O.[Cl-].[Cl-].[Cl-]. The number of carbonyl (C=O) groups excluding carboxylic acids is 9. The molecule has 778 valence electrons. The Morgan fingerprint density at radius 2 is 1.23 bits per heavy atom. The minimum Gasteiger partial charge on any atom is -1.00 e. The van der Waals surface area contributed by atoms with Crippen molar-refractivity contribution in [2.24, 2.45) is 23.3 Å². The number of primary amides is 1. The lowest BCUT2D eigenvalue weighted by atomic mass is 9.84. The number of nitrogens with two attached hydrogens (primary N) is 2. The van der Waals surface area contributed by atoms with E-state index in [1.807, 2.05) is 50.2 Å². The number of aromatic hydroxyl groups is 3. The van der Waals surface area contributed by atoms with Crippen molar-refractivity contribution >= 4 is 122 Å². The summed E-state index contributed by atoms with van der Waals surface area (Å²) in [6.45, 7) is 16.8. The van der Waals surface area contributed by atoms with Gasteiger partial charge in [0.1, 0.15) is 83.4 Å². The number of ketones is 2. The molecule has 3 saturated heterocycles. The maximum absolute atomic E-state index is 16.8. The van der Waals surface area contributed by atoms with Crippen molar-refractivity contribution in [1.29, 1.82) is 0 Å². The van der Waals surface area contributed by atoms with Crippen LogP contribution in [0.15, 0.2) is 127 Å². The first-order valence-corrected chi connectivity index (χ1v) is 49.7. The van der Waals surface area contributed by atoms with Gasteiger partial charge in [0.05, 0.1) is 58.9 Å². The summed E-state index contributed by atoms with van der Waals surface area (Å²) in [6, 6.07) is 21.3. The molecule has 5 amide bonds. The second kappa shape index (κ2) is 53.3. The molecular weight excluding hydrogens is 2030 g/mol. The molecule has 8 aliphatic heterocycles. The van der Waals surface area contributed by atoms with Gasteiger partial charge in [-0.15, -0.1) is 0 Å². The van der Waals surface area contributed by atoms with Gasteiger partial charge in [0.25, 0.3) is 0 Å². The highest BCUT2D eigenvalue weighted by Crippen LogP contribution is 2.52. The number of ether oxygens (including phenoxy) is 8. The first-order chi connectivity index (χ1) is 65.9. The smallest absolute Gasteiger partial charge is 0.246 e. The number of aliphatic hydroxyl groups excluding tert-OH is 6. The summed E-state index contributed by atoms with van der Waals surface area (Å²) < 4.78 is 53.5. The second-order valence-electron chi connectivity index (χ2n) is 36.2. The van der Waals surface area contributed by atoms with E-state index in [1.165, 1.54) is 87.6 Å². The Morgan fingerprint density at radius 3 is 1.80 bits per heavy atom. The molecule has 0 aromatic heterocycles. The van der Waals surface area contributed by atoms with E-state index >= 15 is 24.0 Å². The molecule has 0 radical (unpaired) electrons. The number of carbonyl (C=O) groups is 9. The van der Waals surface area contributed by atoms with Crippen molar-refractivity contribution < 1.29 is 164 Å². The number of hydrogen-bond acceptors (Lipinski definition) is 32. The summed E-state index contributed by atoms with van der Waals surface area (Å²) in [4.78, 5) is 134. The molecule has 19 N–H and O–H groups in total. The molecule has 11 bridgehead atoms. The van der Waals surface area contributed by atoms with Gasteiger partial charge in [0.15, 0.2) is 46.9 Å². The fraction of sp³-hybridized carbons (Fsp3) is 0.485. The third-order valence-corrected chi connectivity index (χ3v) is 28.1. The van der Waals surface area contributed by atoms with Crippen LogP contribution in [0.1, 0.15) is 191 Å². The van der Waals surface area contributed by atoms with Gasteiger partial charge in [-0.1, -0.05) is 148 Å². The zero-order valence-electron chi connectivity index (χ0n) is 79.8. The molecule has 34 nitrogen and oxygen atoms in total. The summed E-state index contributed by atoms with van der Waals surface area (Å²) >= 11 is 27.1. The largest absolute Gasteiger partial charge is 1.00 e. The van der Waals surface area contributed by atoms with Crippen molar-refractivity contribution in [1.82, 2.24) is 31.9 Å². The summed E-state index contributed by atoms with van der Waals surface area (Å²) in [5, 5.41) is 123. The predicted octanol–water partition coefficient (Wildman–Crippen LogP) is 2.07. The van der Waals surface area contributed by atoms with Gasteiger partial charge in [0.2, 0.25) is 46.7 Å². The monoisotopic (exact) mass is 2150 g/mol. The number of thiol groups is 1. The van der Waals surface area contributed by atoms with Gasteiger partial charge >= 0.3 is 0 Å². The topological polar surface area (TPSA) is 534 Å². The van der Waals surface area contributed by atoms with E-state index in [2.05, 4.69) is 58.4 Å². The van der Waals surface area contributed by atoms with Crippen LogP contribution in [0.5, 0.6) is 46.0 Å². The van der Waals surface area contributed by atoms with Crippen molar-refractivity contribution in [2.45, 2.75) is 261 Å². The van der Waals surface area contributed by atoms with Gasteiger partial charge in [-0.3, -0.25) is 43.2 Å². The van der Waals surface area contributed by atoms with Crippen LogP contribution < -0.4 is 94.8 Å². The molecule has 15 rings (SSSR count). The number of rotatable bonds is 24. The number of aliphatic hydroxyl groups is 6. The summed E-state index contributed by atoms with van der Waals surface area (Å²) in [5.41, 5.74) is 11.0. The Balaban J connectivity index is 0.00000167. The first kappa shape index (κ1) is 119. The minimum atomic E-state index is -2.22. The number of fused-ring (bicyclic) bond motifs is 15. The average Bonchev–Trinajstić information content (AvgIpc) is 0.766. The lowest BCUT2D eigenvalue weighted by molar-refractivity contribution is -0.334. The van der Waals surface area contributed by atoms with Gasteiger partial charge in [-0.05, 0) is 183 Å². The molecule has 142 heavy (non-hydrogen) atoms. The third-order valence-electron chi connectivity index (χ3n) is 24.7. The maximum atomic E-state index is 16.8. The van der Waals surface area contributed by atoms with Crippen LogP contribution in [0.3, 0.4) is 0 Å². The van der Waals surface area contributed by atoms with Crippen molar-refractivity contribution in [3.63, 3.8) is 0 Å². The van der Waals surface area contributed by atoms with Gasteiger partial charge < -0.3 is 164 Å². The number of phenolic OH excluding ortho intramolecular Hbond substituents is 3. The normalized spacial score (nSPS) is 27.2. The number of amides is 5. The molecule has 0 aliphatic carbocycles. The Labute approximate surface area is 871 Å². The quantitative estimate of drug-likeness (QED) is 0.0385. The Kier molecular flexibility index (Phi) is 44.6. The Hall–Kier alpha value is -8.40. The summed E-state index contributed by atoms with van der Waals surface area (Å²) in [5.74, 6) is -14.0. The Morgan fingerprint density at radius 1 is 0.648 bits per heavy atom. The number of likely N-dealkylation sites (N-methyl/N-ethyl adjacent to an activating group) is 1. The van der Waals surface area contributed by atoms with E-state index in [9.17, 15) is 65.1 Å². The van der Waals surface area contributed by atoms with Crippen LogP contribution in [-0.2, 0) is 73.4 Å². The average molecular weight is 2150 g/mol. The standard InChI is InChI=1S/C91H105Cl3N8O25S.C5H10OS.C3H8S.3ClH/c1-9-24-128-88(119)73-55-33-52(104)34-60(106)71(55)54-26-46(16-21-59(54)105)53-35-62(108)72-49-30-65(122-63-22-17-47(27-56(63)93)76(110)74(101-86(117)58(97-8)25-40(2)3)61(107)29-50(32-68(95)109)84(115)99-72)80(66(31-49)123-64-23-18-48(28-57(64)94)79(75(87(118)100-73)102-85(53)116)125-69-36-90(6,96)82(113)41(4)120-69)127-89-81(78(112)77(111)67(39-103)124-89)126-70-37-91(7,83(114)42(5)121-70)98-38-43-10-12-44(13-11-43)45-14-19-51(92)20-15-45;1-3-4-7-5(2)6;1-2-3-4;;;/h10-23,26-28,30-31,33-34,40-42,50,53,58,67,69-70,72-79,81-83,89,97-98,103-106,110-114H,9,24-25,29,32,35-39,96H2,1-8H3,(H2,95,109)(H,99,115)(H,100,118)(H,101,117)(H,102,116);3-4H2,1-2H3;4H,2-3H2,1H3;3*1H/p-3/t41-,42-,50-,53+,58+,67?,69-,70-,72+,73-,74-,75-,76+,77+,78?,79+,81?,82-,83-,89-,90?,91?;;;;;/m0...../s1. The number of hydrogen-bond donors (Lipinski definition) is 18. The molecular formula is C99H123Cl6N8O26S3-3. The molecule has 22 atom stereocenters. The lowest BCUT2D eigenvalue weighted by Gasteiger charge is -2.48. The fourth-order valence-electron chi connectivity index (χ4n) is 17.2. The van der Waals surface area contributed by atoms with E-state index in [-0.39, 0.29) is 140 Å². The number of halogens is 6. The highest BCUT2D eigenvalue weighted by Gasteiger charge is 2.53. The molecule has 3 fully saturated rings.